The summed E-state index contributed by atoms with van der Waals surface area (Å²) in [5.74, 6) is -0.459. The van der Waals surface area contributed by atoms with Gasteiger partial charge in [-0.1, -0.05) is 12.2 Å². The van der Waals surface area contributed by atoms with Crippen molar-refractivity contribution < 1.29 is 19.1 Å². The number of amides is 1. The van der Waals surface area contributed by atoms with Crippen LogP contribution >= 0.6 is 0 Å². The third-order valence-electron chi connectivity index (χ3n) is 2.03. The third kappa shape index (κ3) is 2.98. The number of esters is 1. The van der Waals surface area contributed by atoms with Gasteiger partial charge in [-0.05, 0) is 20.8 Å². The smallest absolute Gasteiger partial charge is 0.411 e. The normalized spacial score (nSPS) is 19.8. The summed E-state index contributed by atoms with van der Waals surface area (Å²) in [5.41, 5.74) is -0.569. The first-order valence-corrected chi connectivity index (χ1v) is 5.09. The Morgan fingerprint density at radius 2 is 2.00 bits per heavy atom. The van der Waals surface area contributed by atoms with Crippen LogP contribution in [0.25, 0.3) is 0 Å². The lowest BCUT2D eigenvalue weighted by atomic mass is 10.2. The molecule has 5 heteroatoms. The van der Waals surface area contributed by atoms with E-state index >= 15 is 0 Å². The minimum Gasteiger partial charge on any atom is -0.467 e. The summed E-state index contributed by atoms with van der Waals surface area (Å²) in [4.78, 5) is 24.4. The van der Waals surface area contributed by atoms with Gasteiger partial charge < -0.3 is 9.47 Å². The molecule has 1 atom stereocenters. The van der Waals surface area contributed by atoms with Gasteiger partial charge in [-0.25, -0.2) is 9.59 Å². The number of methoxy groups -OCH3 is 1. The zero-order valence-corrected chi connectivity index (χ0v) is 10.0. The molecule has 0 aliphatic carbocycles. The zero-order chi connectivity index (χ0) is 12.3. The van der Waals surface area contributed by atoms with Gasteiger partial charge in [0.1, 0.15) is 5.60 Å². The van der Waals surface area contributed by atoms with E-state index in [0.717, 1.165) is 0 Å². The second-order valence-electron chi connectivity index (χ2n) is 4.53. The molecule has 90 valence electrons. The maximum Gasteiger partial charge on any atom is 0.411 e. The molecule has 1 aliphatic heterocycles. The topological polar surface area (TPSA) is 55.8 Å². The average molecular weight is 227 g/mol. The van der Waals surface area contributed by atoms with Gasteiger partial charge in [0.05, 0.1) is 7.11 Å². The predicted molar refractivity (Wildman–Crippen MR) is 57.9 cm³/mol. The first-order chi connectivity index (χ1) is 7.35. The van der Waals surface area contributed by atoms with Gasteiger partial charge in [0, 0.05) is 6.54 Å². The number of ether oxygens (including phenoxy) is 2. The van der Waals surface area contributed by atoms with Crippen LogP contribution in [0.1, 0.15) is 20.8 Å². The largest absolute Gasteiger partial charge is 0.467 e. The Bertz CT molecular complexity index is 316. The zero-order valence-electron chi connectivity index (χ0n) is 10.0. The summed E-state index contributed by atoms with van der Waals surface area (Å²) >= 11 is 0. The van der Waals surface area contributed by atoms with Crippen LogP contribution in [0.3, 0.4) is 0 Å². The molecule has 0 radical (unpaired) electrons. The molecule has 0 bridgehead atoms. The Labute approximate surface area is 95.0 Å². The van der Waals surface area contributed by atoms with Crippen molar-refractivity contribution >= 4 is 12.1 Å². The van der Waals surface area contributed by atoms with Crippen LogP contribution in [0.15, 0.2) is 12.2 Å². The van der Waals surface area contributed by atoms with Gasteiger partial charge in [0.2, 0.25) is 0 Å². The van der Waals surface area contributed by atoms with E-state index in [4.69, 9.17) is 4.74 Å². The minimum absolute atomic E-state index is 0.370. The van der Waals surface area contributed by atoms with Crippen LogP contribution in [0.5, 0.6) is 0 Å². The Kier molecular flexibility index (Phi) is 3.57. The number of hydrogen-bond donors (Lipinski definition) is 0. The van der Waals surface area contributed by atoms with Crippen molar-refractivity contribution in [3.8, 4) is 0 Å². The number of nitrogens with zero attached hydrogens (tertiary/aromatic N) is 1. The van der Waals surface area contributed by atoms with Gasteiger partial charge >= 0.3 is 12.1 Å². The first-order valence-electron chi connectivity index (χ1n) is 5.09. The lowest BCUT2D eigenvalue weighted by molar-refractivity contribution is -0.144. The fourth-order valence-corrected chi connectivity index (χ4v) is 1.36. The fraction of sp³-hybridized carbons (Fsp3) is 0.636. The van der Waals surface area contributed by atoms with Crippen LogP contribution in [-0.4, -0.2) is 42.3 Å². The van der Waals surface area contributed by atoms with Crippen molar-refractivity contribution in [1.29, 1.82) is 0 Å². The molecule has 1 aliphatic rings. The molecule has 1 heterocycles. The molecule has 0 spiro atoms. The Balaban J connectivity index is 2.67. The van der Waals surface area contributed by atoms with Crippen LogP contribution in [0.2, 0.25) is 0 Å². The number of carbonyl (C=O) groups is 2. The lowest BCUT2D eigenvalue weighted by Crippen LogP contribution is -2.44. The maximum absolute atomic E-state index is 11.7. The van der Waals surface area contributed by atoms with E-state index in [1.807, 2.05) is 0 Å². The maximum atomic E-state index is 11.7. The molecule has 1 unspecified atom stereocenters. The molecule has 0 aromatic rings. The quantitative estimate of drug-likeness (QED) is 0.501. The number of carbonyl (C=O) groups excluding carboxylic acids is 2. The highest BCUT2D eigenvalue weighted by Crippen LogP contribution is 2.16. The predicted octanol–water partition coefficient (Wildman–Crippen LogP) is 1.33. The van der Waals surface area contributed by atoms with Gasteiger partial charge in [-0.3, -0.25) is 4.90 Å². The van der Waals surface area contributed by atoms with Crippen molar-refractivity contribution in [3.63, 3.8) is 0 Å². The molecule has 0 saturated heterocycles. The molecule has 0 fully saturated rings. The number of hydrogen-bond acceptors (Lipinski definition) is 4. The van der Waals surface area contributed by atoms with E-state index in [1.54, 1.807) is 32.9 Å². The van der Waals surface area contributed by atoms with Crippen LogP contribution in [0, 0.1) is 0 Å². The lowest BCUT2D eigenvalue weighted by Gasteiger charge is -2.27. The molecule has 1 rings (SSSR count). The highest BCUT2D eigenvalue weighted by atomic mass is 16.6. The van der Waals surface area contributed by atoms with E-state index in [0.29, 0.717) is 6.54 Å². The monoisotopic (exact) mass is 227 g/mol. The highest BCUT2D eigenvalue weighted by molar-refractivity contribution is 5.84. The van der Waals surface area contributed by atoms with Crippen molar-refractivity contribution in [3.05, 3.63) is 12.2 Å². The Hall–Kier alpha value is -1.52. The highest BCUT2D eigenvalue weighted by Gasteiger charge is 2.33. The molecule has 0 aromatic heterocycles. The van der Waals surface area contributed by atoms with E-state index in [2.05, 4.69) is 4.74 Å². The Morgan fingerprint density at radius 1 is 1.38 bits per heavy atom. The Morgan fingerprint density at radius 3 is 2.50 bits per heavy atom. The van der Waals surface area contributed by atoms with E-state index in [-0.39, 0.29) is 0 Å². The molecule has 0 N–H and O–H groups in total. The minimum atomic E-state index is -0.667. The van der Waals surface area contributed by atoms with Crippen molar-refractivity contribution in [2.24, 2.45) is 0 Å². The SMILES string of the molecule is COC(=O)C1C=CCN1C(=O)OC(C)(C)C. The third-order valence-corrected chi connectivity index (χ3v) is 2.03. The fourth-order valence-electron chi connectivity index (χ4n) is 1.36. The molecule has 0 aromatic carbocycles. The summed E-state index contributed by atoms with van der Waals surface area (Å²) in [6.07, 6.45) is 2.87. The molecule has 1 amide bonds. The molecule has 5 nitrogen and oxygen atoms in total. The summed E-state index contributed by atoms with van der Waals surface area (Å²) in [6.45, 7) is 5.71. The van der Waals surface area contributed by atoms with E-state index in [9.17, 15) is 9.59 Å². The number of rotatable bonds is 1. The second-order valence-corrected chi connectivity index (χ2v) is 4.53. The van der Waals surface area contributed by atoms with Crippen LogP contribution < -0.4 is 0 Å². The van der Waals surface area contributed by atoms with E-state index < -0.39 is 23.7 Å². The van der Waals surface area contributed by atoms with Crippen molar-refractivity contribution in [2.75, 3.05) is 13.7 Å². The molecular weight excluding hydrogens is 210 g/mol. The summed E-state index contributed by atoms with van der Waals surface area (Å²) in [7, 11) is 1.29. The van der Waals surface area contributed by atoms with Crippen molar-refractivity contribution in [1.82, 2.24) is 4.90 Å². The molecular formula is C11H17NO4. The van der Waals surface area contributed by atoms with Gasteiger partial charge in [-0.15, -0.1) is 0 Å². The average Bonchev–Trinajstić information content (AvgIpc) is 2.62. The van der Waals surface area contributed by atoms with E-state index in [1.165, 1.54) is 12.0 Å². The van der Waals surface area contributed by atoms with Crippen LogP contribution in [-0.2, 0) is 14.3 Å². The summed E-state index contributed by atoms with van der Waals surface area (Å²) < 4.78 is 9.79. The molecule has 16 heavy (non-hydrogen) atoms. The first kappa shape index (κ1) is 12.5. The van der Waals surface area contributed by atoms with Gasteiger partial charge in [0.25, 0.3) is 0 Å². The summed E-state index contributed by atoms with van der Waals surface area (Å²) in [5, 5.41) is 0. The standard InChI is InChI=1S/C11H17NO4/c1-11(2,3)16-10(14)12-7-5-6-8(12)9(13)15-4/h5-6,8H,7H2,1-4H3. The second kappa shape index (κ2) is 4.55. The van der Waals surface area contributed by atoms with Crippen molar-refractivity contribution in [2.45, 2.75) is 32.4 Å². The molecule has 0 saturated carbocycles. The van der Waals surface area contributed by atoms with Gasteiger partial charge in [-0.2, -0.15) is 0 Å². The van der Waals surface area contributed by atoms with Gasteiger partial charge in [0.15, 0.2) is 6.04 Å². The van der Waals surface area contributed by atoms with Crippen LogP contribution in [0.4, 0.5) is 4.79 Å². The summed E-state index contributed by atoms with van der Waals surface area (Å²) in [6, 6.07) is -0.667.